The molecule has 4 nitrogen and oxygen atoms in total. The predicted molar refractivity (Wildman–Crippen MR) is 67.5 cm³/mol. The van der Waals surface area contributed by atoms with Gasteiger partial charge in [0.05, 0.1) is 19.4 Å². The Balaban J connectivity index is 2.12. The van der Waals surface area contributed by atoms with Crippen molar-refractivity contribution in [2.24, 2.45) is 5.16 Å². The van der Waals surface area contributed by atoms with Gasteiger partial charge in [-0.3, -0.25) is 0 Å². The maximum absolute atomic E-state index is 9.41. The topological polar surface area (TPSA) is 51.0 Å². The first kappa shape index (κ1) is 14.0. The Morgan fingerprint density at radius 2 is 2.06 bits per heavy atom. The van der Waals surface area contributed by atoms with Gasteiger partial charge in [0.1, 0.15) is 12.7 Å². The van der Waals surface area contributed by atoms with E-state index in [1.54, 1.807) is 6.21 Å². The first-order valence-corrected chi connectivity index (χ1v) is 5.88. The van der Waals surface area contributed by atoms with Crippen molar-refractivity contribution in [2.75, 3.05) is 25.7 Å². The lowest BCUT2D eigenvalue weighted by Crippen LogP contribution is -2.21. The number of hydrogen-bond acceptors (Lipinski definition) is 4. The van der Waals surface area contributed by atoms with Gasteiger partial charge in [-0.1, -0.05) is 35.5 Å². The lowest BCUT2D eigenvalue weighted by atomic mass is 10.2. The number of aliphatic hydroxyl groups is 1. The van der Waals surface area contributed by atoms with Crippen LogP contribution < -0.4 is 0 Å². The predicted octanol–water partition coefficient (Wildman–Crippen LogP) is 1.65. The third kappa shape index (κ3) is 6.94. The molecule has 1 N–H and O–H groups in total. The summed E-state index contributed by atoms with van der Waals surface area (Å²) in [4.78, 5) is 4.94. The number of oxime groups is 1. The van der Waals surface area contributed by atoms with Crippen LogP contribution in [0, 0.1) is 0 Å². The molecule has 1 atom stereocenters. The molecule has 1 aromatic carbocycles. The van der Waals surface area contributed by atoms with Crippen molar-refractivity contribution >= 4 is 17.8 Å². The van der Waals surface area contributed by atoms with Gasteiger partial charge < -0.3 is 14.7 Å². The molecule has 1 rings (SSSR count). The Hall–Kier alpha value is -1.10. The first-order valence-electron chi connectivity index (χ1n) is 5.35. The summed E-state index contributed by atoms with van der Waals surface area (Å²) in [5, 5.41) is 13.1. The Labute approximate surface area is 106 Å². The van der Waals surface area contributed by atoms with E-state index in [9.17, 15) is 5.11 Å². The number of hydrogen-bond donors (Lipinski definition) is 1. The van der Waals surface area contributed by atoms with Gasteiger partial charge in [0, 0.05) is 5.88 Å². The van der Waals surface area contributed by atoms with Gasteiger partial charge >= 0.3 is 0 Å². The van der Waals surface area contributed by atoms with Crippen LogP contribution in [0.25, 0.3) is 0 Å². The number of alkyl halides is 1. The van der Waals surface area contributed by atoms with Gasteiger partial charge in [0.25, 0.3) is 0 Å². The highest BCUT2D eigenvalue weighted by Gasteiger charge is 2.03. The zero-order chi connectivity index (χ0) is 12.3. The highest BCUT2D eigenvalue weighted by Crippen LogP contribution is 1.95. The maximum atomic E-state index is 9.41. The fraction of sp³-hybridized carbons (Fsp3) is 0.417. The number of aliphatic hydroxyl groups excluding tert-OH is 1. The second-order valence-corrected chi connectivity index (χ2v) is 3.74. The molecule has 0 spiro atoms. The molecule has 0 bridgehead atoms. The zero-order valence-corrected chi connectivity index (χ0v) is 10.2. The minimum Gasteiger partial charge on any atom is -0.393 e. The van der Waals surface area contributed by atoms with Crippen LogP contribution in [0.5, 0.6) is 0 Å². The standard InChI is InChI=1S/C12H16ClNO3/c13-6-7-16-9-12(15)10-17-14-8-11-4-2-1-3-5-11/h1-5,8,12,15H,6-7,9-10H2/b14-8-. The van der Waals surface area contributed by atoms with Crippen LogP contribution in [0.2, 0.25) is 0 Å². The molecule has 0 saturated carbocycles. The van der Waals surface area contributed by atoms with Crippen LogP contribution in [0.4, 0.5) is 0 Å². The summed E-state index contributed by atoms with van der Waals surface area (Å²) in [7, 11) is 0. The summed E-state index contributed by atoms with van der Waals surface area (Å²) >= 11 is 5.42. The largest absolute Gasteiger partial charge is 0.393 e. The molecule has 0 radical (unpaired) electrons. The third-order valence-electron chi connectivity index (χ3n) is 1.87. The quantitative estimate of drug-likeness (QED) is 0.333. The second-order valence-electron chi connectivity index (χ2n) is 3.36. The van der Waals surface area contributed by atoms with E-state index >= 15 is 0 Å². The monoisotopic (exact) mass is 257 g/mol. The molecule has 0 heterocycles. The minimum atomic E-state index is -0.689. The summed E-state index contributed by atoms with van der Waals surface area (Å²) in [6.45, 7) is 0.727. The SMILES string of the molecule is OC(COCCCl)CO/N=C\c1ccccc1. The van der Waals surface area contributed by atoms with Crippen LogP contribution in [-0.4, -0.2) is 43.1 Å². The second kappa shape index (κ2) is 8.98. The van der Waals surface area contributed by atoms with E-state index in [4.69, 9.17) is 21.2 Å². The lowest BCUT2D eigenvalue weighted by Gasteiger charge is -2.08. The van der Waals surface area contributed by atoms with Crippen molar-refractivity contribution < 1.29 is 14.7 Å². The average molecular weight is 258 g/mol. The Morgan fingerprint density at radius 3 is 2.76 bits per heavy atom. The van der Waals surface area contributed by atoms with Gasteiger partial charge in [-0.2, -0.15) is 0 Å². The molecule has 17 heavy (non-hydrogen) atoms. The van der Waals surface area contributed by atoms with E-state index in [1.165, 1.54) is 0 Å². The fourth-order valence-electron chi connectivity index (χ4n) is 1.09. The van der Waals surface area contributed by atoms with Gasteiger partial charge in [-0.05, 0) is 5.56 Å². The number of benzene rings is 1. The molecule has 0 aliphatic rings. The van der Waals surface area contributed by atoms with E-state index in [-0.39, 0.29) is 13.2 Å². The van der Waals surface area contributed by atoms with Crippen molar-refractivity contribution in [1.82, 2.24) is 0 Å². The van der Waals surface area contributed by atoms with Gasteiger partial charge in [0.15, 0.2) is 0 Å². The van der Waals surface area contributed by atoms with E-state index in [1.807, 2.05) is 30.3 Å². The lowest BCUT2D eigenvalue weighted by molar-refractivity contribution is -0.0140. The molecule has 1 aromatic rings. The van der Waals surface area contributed by atoms with Gasteiger partial charge in [0.2, 0.25) is 0 Å². The van der Waals surface area contributed by atoms with Crippen molar-refractivity contribution in [3.8, 4) is 0 Å². The average Bonchev–Trinajstić information content (AvgIpc) is 2.36. The molecule has 0 aromatic heterocycles. The molecule has 94 valence electrons. The third-order valence-corrected chi connectivity index (χ3v) is 2.03. The van der Waals surface area contributed by atoms with Crippen LogP contribution in [-0.2, 0) is 9.57 Å². The van der Waals surface area contributed by atoms with Crippen molar-refractivity contribution in [3.63, 3.8) is 0 Å². The summed E-state index contributed by atoms with van der Waals surface area (Å²) in [6.07, 6.45) is 0.901. The van der Waals surface area contributed by atoms with E-state index < -0.39 is 6.10 Å². The summed E-state index contributed by atoms with van der Waals surface area (Å²) < 4.78 is 5.05. The highest BCUT2D eigenvalue weighted by molar-refractivity contribution is 6.17. The summed E-state index contributed by atoms with van der Waals surface area (Å²) in [6, 6.07) is 9.57. The van der Waals surface area contributed by atoms with Crippen molar-refractivity contribution in [1.29, 1.82) is 0 Å². The Kier molecular flexibility index (Phi) is 7.38. The van der Waals surface area contributed by atoms with E-state index in [2.05, 4.69) is 5.16 Å². The van der Waals surface area contributed by atoms with Gasteiger partial charge in [-0.15, -0.1) is 11.6 Å². The van der Waals surface area contributed by atoms with Crippen molar-refractivity contribution in [3.05, 3.63) is 35.9 Å². The number of ether oxygens (including phenoxy) is 1. The smallest absolute Gasteiger partial charge is 0.145 e. The van der Waals surface area contributed by atoms with Crippen LogP contribution in [0.15, 0.2) is 35.5 Å². The molecule has 1 unspecified atom stereocenters. The van der Waals surface area contributed by atoms with E-state index in [0.29, 0.717) is 12.5 Å². The number of halogens is 1. The maximum Gasteiger partial charge on any atom is 0.145 e. The minimum absolute atomic E-state index is 0.103. The molecule has 0 amide bonds. The van der Waals surface area contributed by atoms with Crippen LogP contribution in [0.1, 0.15) is 5.56 Å². The van der Waals surface area contributed by atoms with Crippen LogP contribution in [0.3, 0.4) is 0 Å². The fourth-order valence-corrected chi connectivity index (χ4v) is 1.20. The summed E-state index contributed by atoms with van der Waals surface area (Å²) in [5.41, 5.74) is 0.945. The summed E-state index contributed by atoms with van der Waals surface area (Å²) in [5.74, 6) is 0.416. The first-order chi connectivity index (χ1) is 8.33. The Bertz CT molecular complexity index is 319. The van der Waals surface area contributed by atoms with Crippen LogP contribution >= 0.6 is 11.6 Å². The number of rotatable bonds is 8. The normalized spacial score (nSPS) is 12.8. The Morgan fingerprint density at radius 1 is 1.29 bits per heavy atom. The molecular formula is C12H16ClNO3. The molecule has 0 saturated heterocycles. The molecule has 0 aliphatic carbocycles. The molecule has 0 fully saturated rings. The highest BCUT2D eigenvalue weighted by atomic mass is 35.5. The van der Waals surface area contributed by atoms with Gasteiger partial charge in [-0.25, -0.2) is 0 Å². The molecular weight excluding hydrogens is 242 g/mol. The molecule has 5 heteroatoms. The van der Waals surface area contributed by atoms with E-state index in [0.717, 1.165) is 5.56 Å². The number of nitrogens with zero attached hydrogens (tertiary/aromatic N) is 1. The van der Waals surface area contributed by atoms with Crippen molar-refractivity contribution in [2.45, 2.75) is 6.10 Å². The molecule has 0 aliphatic heterocycles. The zero-order valence-electron chi connectivity index (χ0n) is 9.46.